The summed E-state index contributed by atoms with van der Waals surface area (Å²) in [5, 5.41) is 0. The average molecular weight is 344 g/mol. The number of likely N-dealkylation sites (tertiary alicyclic amines) is 1. The van der Waals surface area contributed by atoms with E-state index in [1.54, 1.807) is 7.11 Å². The fourth-order valence-corrected chi connectivity index (χ4v) is 4.94. The summed E-state index contributed by atoms with van der Waals surface area (Å²) in [5.74, 6) is 2.74. The molecule has 25 heavy (non-hydrogen) atoms. The highest BCUT2D eigenvalue weighted by molar-refractivity contribution is 5.29. The Morgan fingerprint density at radius 3 is 2.20 bits per heavy atom. The minimum atomic E-state index is 0.758. The molecule has 0 spiro atoms. The summed E-state index contributed by atoms with van der Waals surface area (Å²) < 4.78 is 5.29. The fourth-order valence-electron chi connectivity index (χ4n) is 4.94. The fraction of sp³-hybridized carbons (Fsp3) is 0.739. The van der Waals surface area contributed by atoms with Gasteiger partial charge in [-0.25, -0.2) is 0 Å². The van der Waals surface area contributed by atoms with Gasteiger partial charge in [0.15, 0.2) is 0 Å². The Labute approximate surface area is 154 Å². The van der Waals surface area contributed by atoms with Gasteiger partial charge in [-0.15, -0.1) is 0 Å². The van der Waals surface area contributed by atoms with Gasteiger partial charge in [0.05, 0.1) is 7.11 Å². The van der Waals surface area contributed by atoms with E-state index in [0.717, 1.165) is 23.6 Å². The number of nitrogens with zero attached hydrogens (tertiary/aromatic N) is 1. The molecule has 1 heterocycles. The molecule has 1 aliphatic carbocycles. The molecule has 2 aliphatic rings. The summed E-state index contributed by atoms with van der Waals surface area (Å²) >= 11 is 0. The predicted octanol–water partition coefficient (Wildman–Crippen LogP) is 6.01. The van der Waals surface area contributed by atoms with Crippen LogP contribution in [-0.4, -0.2) is 31.1 Å². The van der Waals surface area contributed by atoms with Crippen LogP contribution in [0.3, 0.4) is 0 Å². The van der Waals surface area contributed by atoms with Crippen LogP contribution in [0.2, 0.25) is 0 Å². The lowest BCUT2D eigenvalue weighted by Crippen LogP contribution is -2.43. The molecule has 140 valence electrons. The Morgan fingerprint density at radius 2 is 1.60 bits per heavy atom. The van der Waals surface area contributed by atoms with Crippen LogP contribution in [0, 0.1) is 5.92 Å². The molecule has 2 heteroatoms. The van der Waals surface area contributed by atoms with E-state index in [1.165, 1.54) is 82.9 Å². The second-order valence-electron chi connectivity index (χ2n) is 8.25. The summed E-state index contributed by atoms with van der Waals surface area (Å²) in [4.78, 5) is 2.82. The number of rotatable bonds is 7. The van der Waals surface area contributed by atoms with Crippen molar-refractivity contribution in [3.63, 3.8) is 0 Å². The van der Waals surface area contributed by atoms with Gasteiger partial charge in [0.1, 0.15) is 5.75 Å². The topological polar surface area (TPSA) is 12.5 Å². The van der Waals surface area contributed by atoms with Crippen LogP contribution in [0.25, 0.3) is 0 Å². The van der Waals surface area contributed by atoms with E-state index in [1.807, 2.05) is 0 Å². The van der Waals surface area contributed by atoms with E-state index in [4.69, 9.17) is 4.74 Å². The number of piperidine rings is 1. The molecular weight excluding hydrogens is 306 g/mol. The van der Waals surface area contributed by atoms with E-state index in [9.17, 15) is 0 Å². The van der Waals surface area contributed by atoms with Crippen LogP contribution < -0.4 is 4.74 Å². The van der Waals surface area contributed by atoms with E-state index in [0.29, 0.717) is 0 Å². The lowest BCUT2D eigenvalue weighted by molar-refractivity contribution is 0.0994. The van der Waals surface area contributed by atoms with Crippen molar-refractivity contribution in [2.75, 3.05) is 20.2 Å². The maximum Gasteiger partial charge on any atom is 0.118 e. The van der Waals surface area contributed by atoms with Gasteiger partial charge < -0.3 is 9.64 Å². The molecule has 0 bridgehead atoms. The van der Waals surface area contributed by atoms with Crippen LogP contribution in [0.4, 0.5) is 0 Å². The third-order valence-corrected chi connectivity index (χ3v) is 6.67. The van der Waals surface area contributed by atoms with Crippen molar-refractivity contribution < 1.29 is 4.74 Å². The number of hydrogen-bond donors (Lipinski definition) is 0. The van der Waals surface area contributed by atoms with Crippen molar-refractivity contribution in [3.05, 3.63) is 29.8 Å². The Balaban J connectivity index is 1.40. The Morgan fingerprint density at radius 1 is 0.920 bits per heavy atom. The number of hydrogen-bond acceptors (Lipinski definition) is 2. The minimum Gasteiger partial charge on any atom is -0.497 e. The van der Waals surface area contributed by atoms with Crippen molar-refractivity contribution in [1.82, 2.24) is 4.90 Å². The number of unbranched alkanes of at least 4 members (excludes halogenated alkanes) is 2. The number of benzene rings is 1. The zero-order valence-electron chi connectivity index (χ0n) is 16.4. The Bertz CT molecular complexity index is 481. The lowest BCUT2D eigenvalue weighted by atomic mass is 9.80. The van der Waals surface area contributed by atoms with Gasteiger partial charge in [-0.3, -0.25) is 0 Å². The molecular formula is C23H37NO. The summed E-state index contributed by atoms with van der Waals surface area (Å²) in [6.07, 6.45) is 14.1. The first-order chi connectivity index (χ1) is 12.3. The third kappa shape index (κ3) is 5.23. The molecule has 1 saturated heterocycles. The molecule has 0 aromatic heterocycles. The molecule has 0 radical (unpaired) electrons. The molecule has 0 atom stereocenters. The lowest BCUT2D eigenvalue weighted by Gasteiger charge is -2.41. The van der Waals surface area contributed by atoms with Crippen LogP contribution in [0.5, 0.6) is 5.75 Å². The monoisotopic (exact) mass is 343 g/mol. The summed E-state index contributed by atoms with van der Waals surface area (Å²) in [7, 11) is 1.74. The molecule has 1 aromatic rings. The first-order valence-corrected chi connectivity index (χ1v) is 10.7. The first kappa shape index (κ1) is 18.8. The van der Waals surface area contributed by atoms with Gasteiger partial charge in [-0.2, -0.15) is 0 Å². The molecule has 2 nitrogen and oxygen atoms in total. The zero-order valence-corrected chi connectivity index (χ0v) is 16.4. The molecule has 1 aromatic carbocycles. The highest BCUT2D eigenvalue weighted by Gasteiger charge is 2.29. The van der Waals surface area contributed by atoms with E-state index >= 15 is 0 Å². The smallest absolute Gasteiger partial charge is 0.118 e. The molecule has 2 fully saturated rings. The van der Waals surface area contributed by atoms with E-state index in [-0.39, 0.29) is 0 Å². The molecule has 0 N–H and O–H groups in total. The average Bonchev–Trinajstić information content (AvgIpc) is 2.69. The highest BCUT2D eigenvalue weighted by Crippen LogP contribution is 2.36. The maximum absolute atomic E-state index is 5.29. The normalized spacial score (nSPS) is 25.8. The minimum absolute atomic E-state index is 0.758. The van der Waals surface area contributed by atoms with Crippen molar-refractivity contribution in [2.24, 2.45) is 5.92 Å². The van der Waals surface area contributed by atoms with Crippen LogP contribution >= 0.6 is 0 Å². The van der Waals surface area contributed by atoms with Gasteiger partial charge >= 0.3 is 0 Å². The van der Waals surface area contributed by atoms with Gasteiger partial charge in [0.2, 0.25) is 0 Å². The van der Waals surface area contributed by atoms with Crippen molar-refractivity contribution in [1.29, 1.82) is 0 Å². The summed E-state index contributed by atoms with van der Waals surface area (Å²) in [5.41, 5.74) is 1.51. The van der Waals surface area contributed by atoms with Crippen LogP contribution in [-0.2, 0) is 0 Å². The first-order valence-electron chi connectivity index (χ1n) is 10.7. The maximum atomic E-state index is 5.29. The molecule has 1 saturated carbocycles. The molecule has 1 aliphatic heterocycles. The molecule has 0 amide bonds. The Hall–Kier alpha value is -1.02. The van der Waals surface area contributed by atoms with Crippen molar-refractivity contribution in [3.8, 4) is 5.75 Å². The van der Waals surface area contributed by atoms with Crippen LogP contribution in [0.15, 0.2) is 24.3 Å². The largest absolute Gasteiger partial charge is 0.497 e. The van der Waals surface area contributed by atoms with E-state index < -0.39 is 0 Å². The second kappa shape index (κ2) is 9.62. The highest BCUT2D eigenvalue weighted by atomic mass is 16.5. The van der Waals surface area contributed by atoms with Crippen LogP contribution in [0.1, 0.15) is 82.6 Å². The summed E-state index contributed by atoms with van der Waals surface area (Å²) in [6, 6.07) is 9.62. The van der Waals surface area contributed by atoms with Gasteiger partial charge in [-0.05, 0) is 81.1 Å². The van der Waals surface area contributed by atoms with Gasteiger partial charge in [0.25, 0.3) is 0 Å². The molecule has 0 unspecified atom stereocenters. The van der Waals surface area contributed by atoms with Gasteiger partial charge in [-0.1, -0.05) is 44.7 Å². The third-order valence-electron chi connectivity index (χ3n) is 6.67. The molecule has 3 rings (SSSR count). The number of ether oxygens (including phenoxy) is 1. The predicted molar refractivity (Wildman–Crippen MR) is 106 cm³/mol. The second-order valence-corrected chi connectivity index (χ2v) is 8.25. The standard InChI is InChI=1S/C23H37NO/c1-3-4-5-6-19-15-17-24(18-16-19)22-11-7-20(8-12-22)21-9-13-23(25-2)14-10-21/h9-10,13-14,19-20,22H,3-8,11-12,15-18H2,1-2H3. The quantitative estimate of drug-likeness (QED) is 0.562. The van der Waals surface area contributed by atoms with Crippen molar-refractivity contribution >= 4 is 0 Å². The van der Waals surface area contributed by atoms with Crippen molar-refractivity contribution in [2.45, 2.75) is 83.1 Å². The summed E-state index contributed by atoms with van der Waals surface area (Å²) in [6.45, 7) is 5.02. The number of methoxy groups -OCH3 is 1. The van der Waals surface area contributed by atoms with E-state index in [2.05, 4.69) is 36.1 Å². The van der Waals surface area contributed by atoms with Gasteiger partial charge in [0, 0.05) is 6.04 Å². The SMILES string of the molecule is CCCCCC1CCN(C2CCC(c3ccc(OC)cc3)CC2)CC1. The zero-order chi connectivity index (χ0) is 17.5. The Kier molecular flexibility index (Phi) is 7.22.